The first-order valence-corrected chi connectivity index (χ1v) is 10.0. The molecule has 0 unspecified atom stereocenters. The molecule has 3 N–H and O–H groups in total. The van der Waals surface area contributed by atoms with Gasteiger partial charge in [-0.1, -0.05) is 12.1 Å². The highest BCUT2D eigenvalue weighted by Crippen LogP contribution is 2.24. The summed E-state index contributed by atoms with van der Waals surface area (Å²) in [6.07, 6.45) is 5.85. The summed E-state index contributed by atoms with van der Waals surface area (Å²) < 4.78 is 29.3. The summed E-state index contributed by atoms with van der Waals surface area (Å²) in [6.45, 7) is 1.35. The Bertz CT molecular complexity index is 1240. The third kappa shape index (κ3) is 4.79. The van der Waals surface area contributed by atoms with E-state index in [-0.39, 0.29) is 12.2 Å². The lowest BCUT2D eigenvalue weighted by atomic mass is 10.1. The average molecular weight is 437 g/mol. The number of benzene rings is 1. The Hall–Kier alpha value is -3.69. The highest BCUT2D eigenvalue weighted by atomic mass is 19.1. The molecule has 3 heterocycles. The standard InChI is InChI=1S/C23H21F2N5O2/c24-17-5-4-15(20(25)9-17)13-30-14-16(11-26-8-6-18-3-1-2-7-27-18)19-10-21(23(31)29-32)28-12-22(19)30/h1-5,7,9-10,12,14,26,32H,6,8,11,13H2,(H,29,31). The Kier molecular flexibility index (Phi) is 6.48. The molecule has 0 aliphatic rings. The second-order valence-corrected chi connectivity index (χ2v) is 7.29. The predicted molar refractivity (Wildman–Crippen MR) is 114 cm³/mol. The first kappa shape index (κ1) is 21.5. The van der Waals surface area contributed by atoms with Gasteiger partial charge in [0.25, 0.3) is 5.91 Å². The van der Waals surface area contributed by atoms with Crippen molar-refractivity contribution < 1.29 is 18.8 Å². The van der Waals surface area contributed by atoms with E-state index in [1.54, 1.807) is 22.3 Å². The fourth-order valence-corrected chi connectivity index (χ4v) is 3.53. The number of hydrogen-bond donors (Lipinski definition) is 3. The van der Waals surface area contributed by atoms with Gasteiger partial charge in [-0.05, 0) is 29.8 Å². The van der Waals surface area contributed by atoms with Crippen LogP contribution in [0.4, 0.5) is 8.78 Å². The van der Waals surface area contributed by atoms with Crippen molar-refractivity contribution in [1.82, 2.24) is 25.3 Å². The zero-order valence-electron chi connectivity index (χ0n) is 17.1. The maximum absolute atomic E-state index is 14.2. The molecule has 0 aliphatic heterocycles. The lowest BCUT2D eigenvalue weighted by Crippen LogP contribution is -2.20. The molecule has 0 aliphatic carbocycles. The van der Waals surface area contributed by atoms with Gasteiger partial charge in [-0.25, -0.2) is 19.2 Å². The van der Waals surface area contributed by atoms with Gasteiger partial charge in [0, 0.05) is 54.6 Å². The Morgan fingerprint density at radius 1 is 1.09 bits per heavy atom. The van der Waals surface area contributed by atoms with Crippen LogP contribution in [0.5, 0.6) is 0 Å². The van der Waals surface area contributed by atoms with Crippen LogP contribution in [0.3, 0.4) is 0 Å². The SMILES string of the molecule is O=C(NO)c1cc2c(CNCCc3ccccn3)cn(Cc3ccc(F)cc3F)c2cn1. The van der Waals surface area contributed by atoms with E-state index in [1.165, 1.54) is 18.3 Å². The number of hydroxylamine groups is 1. The summed E-state index contributed by atoms with van der Waals surface area (Å²) in [5, 5.41) is 13.0. The number of aromatic nitrogens is 3. The molecule has 4 rings (SSSR count). The number of carbonyl (C=O) groups is 1. The Morgan fingerprint density at radius 3 is 2.72 bits per heavy atom. The highest BCUT2D eigenvalue weighted by Gasteiger charge is 2.15. The molecule has 0 atom stereocenters. The van der Waals surface area contributed by atoms with Gasteiger partial charge in [0.15, 0.2) is 0 Å². The van der Waals surface area contributed by atoms with Crippen molar-refractivity contribution in [3.63, 3.8) is 0 Å². The van der Waals surface area contributed by atoms with E-state index in [9.17, 15) is 13.6 Å². The normalized spacial score (nSPS) is 11.1. The zero-order chi connectivity index (χ0) is 22.5. The first-order valence-electron chi connectivity index (χ1n) is 10.0. The molecular formula is C23H21F2N5O2. The van der Waals surface area contributed by atoms with E-state index in [1.807, 2.05) is 24.4 Å². The van der Waals surface area contributed by atoms with Crippen LogP contribution < -0.4 is 10.8 Å². The largest absolute Gasteiger partial charge is 0.341 e. The van der Waals surface area contributed by atoms with Crippen molar-refractivity contribution in [2.45, 2.75) is 19.5 Å². The quantitative estimate of drug-likeness (QED) is 0.224. The van der Waals surface area contributed by atoms with Gasteiger partial charge < -0.3 is 9.88 Å². The van der Waals surface area contributed by atoms with E-state index in [4.69, 9.17) is 5.21 Å². The number of fused-ring (bicyclic) bond motifs is 1. The molecule has 0 saturated heterocycles. The van der Waals surface area contributed by atoms with E-state index in [0.29, 0.717) is 24.2 Å². The highest BCUT2D eigenvalue weighted by molar-refractivity contribution is 5.96. The van der Waals surface area contributed by atoms with Crippen molar-refractivity contribution >= 4 is 16.8 Å². The van der Waals surface area contributed by atoms with Crippen LogP contribution in [0, 0.1) is 11.6 Å². The molecule has 0 radical (unpaired) electrons. The Labute approximate surface area is 182 Å². The van der Waals surface area contributed by atoms with E-state index in [0.717, 1.165) is 29.1 Å². The molecule has 164 valence electrons. The molecule has 3 aromatic heterocycles. The van der Waals surface area contributed by atoms with Crippen molar-refractivity contribution in [3.05, 3.63) is 95.2 Å². The summed E-state index contributed by atoms with van der Waals surface area (Å²) in [7, 11) is 0. The second-order valence-electron chi connectivity index (χ2n) is 7.29. The molecule has 0 fully saturated rings. The smallest absolute Gasteiger partial charge is 0.293 e. The van der Waals surface area contributed by atoms with Crippen LogP contribution >= 0.6 is 0 Å². The number of rotatable bonds is 8. The van der Waals surface area contributed by atoms with Gasteiger partial charge in [0.05, 0.1) is 18.3 Å². The Morgan fingerprint density at radius 2 is 1.97 bits per heavy atom. The topological polar surface area (TPSA) is 92.1 Å². The van der Waals surface area contributed by atoms with Crippen molar-refractivity contribution in [3.8, 4) is 0 Å². The zero-order valence-corrected chi connectivity index (χ0v) is 17.1. The lowest BCUT2D eigenvalue weighted by molar-refractivity contribution is 0.0701. The number of nitrogens with one attached hydrogen (secondary N) is 2. The van der Waals surface area contributed by atoms with Gasteiger partial charge in [-0.15, -0.1) is 0 Å². The Balaban J connectivity index is 1.59. The number of nitrogens with zero attached hydrogens (tertiary/aromatic N) is 3. The fraction of sp³-hybridized carbons (Fsp3) is 0.174. The summed E-state index contributed by atoms with van der Waals surface area (Å²) in [5.74, 6) is -1.99. The van der Waals surface area contributed by atoms with Gasteiger partial charge in [0.2, 0.25) is 0 Å². The molecule has 0 saturated carbocycles. The minimum absolute atomic E-state index is 0.0560. The van der Waals surface area contributed by atoms with Crippen molar-refractivity contribution in [1.29, 1.82) is 0 Å². The van der Waals surface area contributed by atoms with E-state index < -0.39 is 17.5 Å². The fourth-order valence-electron chi connectivity index (χ4n) is 3.53. The first-order chi connectivity index (χ1) is 15.5. The van der Waals surface area contributed by atoms with Gasteiger partial charge >= 0.3 is 0 Å². The van der Waals surface area contributed by atoms with Crippen LogP contribution in [0.2, 0.25) is 0 Å². The van der Waals surface area contributed by atoms with E-state index in [2.05, 4.69) is 15.3 Å². The number of pyridine rings is 2. The van der Waals surface area contributed by atoms with Crippen LogP contribution in [-0.2, 0) is 19.5 Å². The predicted octanol–water partition coefficient (Wildman–Crippen LogP) is 3.21. The minimum atomic E-state index is -0.724. The van der Waals surface area contributed by atoms with Crippen LogP contribution in [-0.4, -0.2) is 32.2 Å². The summed E-state index contributed by atoms with van der Waals surface area (Å²) in [4.78, 5) is 20.2. The van der Waals surface area contributed by atoms with Gasteiger partial charge in [-0.2, -0.15) is 0 Å². The monoisotopic (exact) mass is 437 g/mol. The van der Waals surface area contributed by atoms with Crippen LogP contribution in [0.15, 0.2) is 61.1 Å². The lowest BCUT2D eigenvalue weighted by Gasteiger charge is -2.07. The van der Waals surface area contributed by atoms with Crippen LogP contribution in [0.1, 0.15) is 27.3 Å². The number of carbonyl (C=O) groups excluding carboxylic acids is 1. The summed E-state index contributed by atoms with van der Waals surface area (Å²) in [5.41, 5.74) is 4.49. The molecule has 1 aromatic carbocycles. The number of halogens is 2. The third-order valence-corrected chi connectivity index (χ3v) is 5.14. The maximum atomic E-state index is 14.2. The van der Waals surface area contributed by atoms with Gasteiger partial charge in [0.1, 0.15) is 17.3 Å². The summed E-state index contributed by atoms with van der Waals surface area (Å²) >= 11 is 0. The van der Waals surface area contributed by atoms with Crippen molar-refractivity contribution in [2.24, 2.45) is 0 Å². The second kappa shape index (κ2) is 9.63. The molecule has 1 amide bonds. The average Bonchev–Trinajstić information content (AvgIpc) is 3.15. The van der Waals surface area contributed by atoms with Crippen LogP contribution in [0.25, 0.3) is 10.9 Å². The molecular weight excluding hydrogens is 416 g/mol. The number of hydrogen-bond acceptors (Lipinski definition) is 5. The van der Waals surface area contributed by atoms with Gasteiger partial charge in [-0.3, -0.25) is 15.0 Å². The molecule has 7 nitrogen and oxygen atoms in total. The summed E-state index contributed by atoms with van der Waals surface area (Å²) in [6, 6.07) is 10.8. The number of amides is 1. The molecule has 0 spiro atoms. The third-order valence-electron chi connectivity index (χ3n) is 5.14. The molecule has 4 aromatic rings. The van der Waals surface area contributed by atoms with Crippen molar-refractivity contribution in [2.75, 3.05) is 6.54 Å². The molecule has 9 heteroatoms. The molecule has 32 heavy (non-hydrogen) atoms. The molecule has 0 bridgehead atoms. The van der Waals surface area contributed by atoms with E-state index >= 15 is 0 Å². The minimum Gasteiger partial charge on any atom is -0.341 e. The maximum Gasteiger partial charge on any atom is 0.293 e.